The number of amides is 1. The van der Waals surface area contributed by atoms with Crippen molar-refractivity contribution in [3.63, 3.8) is 0 Å². The summed E-state index contributed by atoms with van der Waals surface area (Å²) in [5.41, 5.74) is 0.568. The average molecular weight is 397 g/mol. The predicted octanol–water partition coefficient (Wildman–Crippen LogP) is 4.26. The predicted molar refractivity (Wildman–Crippen MR) is 106 cm³/mol. The van der Waals surface area contributed by atoms with Gasteiger partial charge >= 0.3 is 0 Å². The lowest BCUT2D eigenvalue weighted by Crippen LogP contribution is -2.52. The molecular formula is C20H26Cl2N2O2. The van der Waals surface area contributed by atoms with E-state index in [1.807, 2.05) is 11.9 Å². The van der Waals surface area contributed by atoms with E-state index >= 15 is 0 Å². The Labute approximate surface area is 165 Å². The molecular weight excluding hydrogens is 371 g/mol. The molecule has 0 spiro atoms. The molecule has 0 aromatic heterocycles. The molecule has 1 fully saturated rings. The quantitative estimate of drug-likeness (QED) is 0.562. The van der Waals surface area contributed by atoms with Crippen molar-refractivity contribution in [2.24, 2.45) is 0 Å². The summed E-state index contributed by atoms with van der Waals surface area (Å²) >= 11 is 12.1. The van der Waals surface area contributed by atoms with E-state index < -0.39 is 0 Å². The van der Waals surface area contributed by atoms with Crippen molar-refractivity contribution in [2.45, 2.75) is 43.9 Å². The molecule has 2 aliphatic rings. The summed E-state index contributed by atoms with van der Waals surface area (Å²) in [5, 5.41) is 0.864. The molecule has 1 aromatic carbocycles. The van der Waals surface area contributed by atoms with E-state index in [4.69, 9.17) is 27.9 Å². The normalized spacial score (nSPS) is 26.7. The number of hydrogen-bond acceptors (Lipinski definition) is 3. The highest BCUT2D eigenvalue weighted by Gasteiger charge is 2.36. The Balaban J connectivity index is 1.84. The number of carbonyl (C=O) groups excluding carboxylic acids is 1. The Hall–Kier alpha value is -1.07. The van der Waals surface area contributed by atoms with Crippen LogP contribution in [0.1, 0.15) is 36.0 Å². The maximum atomic E-state index is 13.1. The summed E-state index contributed by atoms with van der Waals surface area (Å²) in [4.78, 5) is 17.5. The molecule has 1 aliphatic carbocycles. The van der Waals surface area contributed by atoms with Crippen LogP contribution in [0.3, 0.4) is 0 Å². The minimum Gasteiger partial charge on any atom is -0.381 e. The molecule has 1 saturated carbocycles. The minimum absolute atomic E-state index is 0.0255. The third-order valence-electron chi connectivity index (χ3n) is 5.61. The van der Waals surface area contributed by atoms with Gasteiger partial charge in [-0.2, -0.15) is 0 Å². The van der Waals surface area contributed by atoms with Crippen molar-refractivity contribution < 1.29 is 9.53 Å². The molecule has 3 rings (SSSR count). The van der Waals surface area contributed by atoms with Crippen LogP contribution in [0.2, 0.25) is 10.0 Å². The zero-order valence-electron chi connectivity index (χ0n) is 15.3. The topological polar surface area (TPSA) is 32.8 Å². The second-order valence-electron chi connectivity index (χ2n) is 7.13. The van der Waals surface area contributed by atoms with Crippen molar-refractivity contribution in [2.75, 3.05) is 27.2 Å². The summed E-state index contributed by atoms with van der Waals surface area (Å²) < 4.78 is 5.67. The number of hydrogen-bond donors (Lipinski definition) is 0. The first-order chi connectivity index (χ1) is 12.5. The minimum atomic E-state index is -0.0255. The first-order valence-corrected chi connectivity index (χ1v) is 9.91. The summed E-state index contributed by atoms with van der Waals surface area (Å²) in [6.45, 7) is 1.90. The van der Waals surface area contributed by atoms with E-state index in [1.165, 1.54) is 0 Å². The highest BCUT2D eigenvalue weighted by molar-refractivity contribution is 6.42. The molecule has 1 amide bonds. The zero-order valence-corrected chi connectivity index (χ0v) is 16.8. The fourth-order valence-corrected chi connectivity index (χ4v) is 4.39. The van der Waals surface area contributed by atoms with Crippen molar-refractivity contribution in [3.8, 4) is 0 Å². The van der Waals surface area contributed by atoms with Crippen molar-refractivity contribution in [3.05, 3.63) is 46.0 Å². The molecule has 1 aromatic rings. The number of methoxy groups -OCH3 is 1. The van der Waals surface area contributed by atoms with Crippen LogP contribution in [0.5, 0.6) is 0 Å². The van der Waals surface area contributed by atoms with E-state index in [2.05, 4.69) is 17.1 Å². The average Bonchev–Trinajstić information content (AvgIpc) is 3.09. The van der Waals surface area contributed by atoms with Crippen molar-refractivity contribution >= 4 is 29.1 Å². The van der Waals surface area contributed by atoms with Gasteiger partial charge in [0.25, 0.3) is 5.91 Å². The number of likely N-dealkylation sites (N-methyl/N-ethyl adjacent to an activating group) is 1. The van der Waals surface area contributed by atoms with Gasteiger partial charge in [0.15, 0.2) is 0 Å². The standard InChI is InChI=1S/C20H26Cl2N2O2/c1-23(20(25)14-8-9-16(21)17(22)12-14)19-13-15(26-2)6-5-7-18(19)24-10-3-4-11-24/h3-4,8-9,12,15,18-19H,5-7,10-11,13H2,1-2H3. The molecule has 1 heterocycles. The van der Waals surface area contributed by atoms with Crippen LogP contribution in [0.4, 0.5) is 0 Å². The molecule has 0 saturated heterocycles. The second-order valence-corrected chi connectivity index (χ2v) is 7.94. The SMILES string of the molecule is COC1CCCC(N2CC=CC2)C(N(C)C(=O)c2ccc(Cl)c(Cl)c2)C1. The Morgan fingerprint density at radius 2 is 1.92 bits per heavy atom. The van der Waals surface area contributed by atoms with Crippen LogP contribution in [-0.2, 0) is 4.74 Å². The Morgan fingerprint density at radius 3 is 2.58 bits per heavy atom. The molecule has 3 atom stereocenters. The summed E-state index contributed by atoms with van der Waals surface area (Å²) in [6, 6.07) is 5.51. The van der Waals surface area contributed by atoms with Gasteiger partial charge in [-0.1, -0.05) is 35.4 Å². The highest BCUT2D eigenvalue weighted by atomic mass is 35.5. The van der Waals surface area contributed by atoms with E-state index in [-0.39, 0.29) is 18.1 Å². The fourth-order valence-electron chi connectivity index (χ4n) is 4.10. The summed E-state index contributed by atoms with van der Waals surface area (Å²) in [7, 11) is 3.66. The maximum Gasteiger partial charge on any atom is 0.253 e. The third-order valence-corrected chi connectivity index (χ3v) is 6.35. The Morgan fingerprint density at radius 1 is 1.19 bits per heavy atom. The molecule has 4 nitrogen and oxygen atoms in total. The van der Waals surface area contributed by atoms with Crippen LogP contribution in [0.25, 0.3) is 0 Å². The zero-order chi connectivity index (χ0) is 18.7. The van der Waals surface area contributed by atoms with Gasteiger partial charge in [0, 0.05) is 44.9 Å². The van der Waals surface area contributed by atoms with Crippen LogP contribution >= 0.6 is 23.2 Å². The van der Waals surface area contributed by atoms with Crippen LogP contribution < -0.4 is 0 Å². The molecule has 142 valence electrons. The molecule has 26 heavy (non-hydrogen) atoms. The van der Waals surface area contributed by atoms with E-state index in [0.717, 1.165) is 38.8 Å². The lowest BCUT2D eigenvalue weighted by atomic mass is 9.98. The largest absolute Gasteiger partial charge is 0.381 e. The number of benzene rings is 1. The lowest BCUT2D eigenvalue weighted by molar-refractivity contribution is 0.0389. The van der Waals surface area contributed by atoms with Gasteiger partial charge < -0.3 is 9.64 Å². The van der Waals surface area contributed by atoms with Gasteiger partial charge in [0.05, 0.1) is 16.1 Å². The van der Waals surface area contributed by atoms with Gasteiger partial charge in [-0.3, -0.25) is 9.69 Å². The second kappa shape index (κ2) is 8.75. The molecule has 0 radical (unpaired) electrons. The third kappa shape index (κ3) is 4.25. The van der Waals surface area contributed by atoms with Crippen molar-refractivity contribution in [1.82, 2.24) is 9.80 Å². The summed E-state index contributed by atoms with van der Waals surface area (Å²) in [5.74, 6) is -0.0255. The Kier molecular flexibility index (Phi) is 6.62. The van der Waals surface area contributed by atoms with Gasteiger partial charge in [-0.25, -0.2) is 0 Å². The number of ether oxygens (including phenoxy) is 1. The van der Waals surface area contributed by atoms with Crippen molar-refractivity contribution in [1.29, 1.82) is 0 Å². The van der Waals surface area contributed by atoms with Gasteiger partial charge in [-0.05, 0) is 43.9 Å². The van der Waals surface area contributed by atoms with Crippen LogP contribution in [0, 0.1) is 0 Å². The number of carbonyl (C=O) groups is 1. The highest BCUT2D eigenvalue weighted by Crippen LogP contribution is 2.30. The Bertz CT molecular complexity index is 672. The molecule has 0 N–H and O–H groups in total. The van der Waals surface area contributed by atoms with Crippen LogP contribution in [0.15, 0.2) is 30.4 Å². The molecule has 3 unspecified atom stereocenters. The fraction of sp³-hybridized carbons (Fsp3) is 0.550. The number of rotatable bonds is 4. The summed E-state index contributed by atoms with van der Waals surface area (Å²) in [6.07, 6.45) is 8.67. The lowest BCUT2D eigenvalue weighted by Gasteiger charge is -2.39. The maximum absolute atomic E-state index is 13.1. The smallest absolute Gasteiger partial charge is 0.253 e. The van der Waals surface area contributed by atoms with E-state index in [1.54, 1.807) is 25.3 Å². The monoisotopic (exact) mass is 396 g/mol. The number of halogens is 2. The van der Waals surface area contributed by atoms with Gasteiger partial charge in [0.2, 0.25) is 0 Å². The van der Waals surface area contributed by atoms with Gasteiger partial charge in [0.1, 0.15) is 0 Å². The molecule has 0 bridgehead atoms. The molecule has 6 heteroatoms. The van der Waals surface area contributed by atoms with E-state index in [9.17, 15) is 4.79 Å². The van der Waals surface area contributed by atoms with Gasteiger partial charge in [-0.15, -0.1) is 0 Å². The number of nitrogens with zero attached hydrogens (tertiary/aromatic N) is 2. The van der Waals surface area contributed by atoms with E-state index in [0.29, 0.717) is 21.7 Å². The molecule has 1 aliphatic heterocycles. The first kappa shape index (κ1) is 19.7. The van der Waals surface area contributed by atoms with Crippen LogP contribution in [-0.4, -0.2) is 61.1 Å². The first-order valence-electron chi connectivity index (χ1n) is 9.15.